The molecule has 3 aromatic heterocycles. The summed E-state index contributed by atoms with van der Waals surface area (Å²) >= 11 is 0. The highest BCUT2D eigenvalue weighted by atomic mass is 16.5. The quantitative estimate of drug-likeness (QED) is 0.412. The summed E-state index contributed by atoms with van der Waals surface area (Å²) in [6, 6.07) is 9.56. The topological polar surface area (TPSA) is 132 Å². The second-order valence-electron chi connectivity index (χ2n) is 6.83. The van der Waals surface area contributed by atoms with Crippen molar-refractivity contribution < 1.29 is 9.53 Å². The average Bonchev–Trinajstić information content (AvgIpc) is 3.26. The summed E-state index contributed by atoms with van der Waals surface area (Å²) in [5, 5.41) is 3.72. The fourth-order valence-electron chi connectivity index (χ4n) is 3.08. The molecule has 0 aliphatic rings. The Kier molecular flexibility index (Phi) is 5.57. The van der Waals surface area contributed by atoms with Gasteiger partial charge in [0.25, 0.3) is 5.91 Å². The highest BCUT2D eigenvalue weighted by Crippen LogP contribution is 2.32. The van der Waals surface area contributed by atoms with Crippen LogP contribution >= 0.6 is 0 Å². The molecule has 0 saturated carbocycles. The van der Waals surface area contributed by atoms with Crippen molar-refractivity contribution in [3.8, 4) is 17.0 Å². The van der Waals surface area contributed by atoms with Crippen molar-refractivity contribution in [3.63, 3.8) is 0 Å². The first-order chi connectivity index (χ1) is 15.0. The van der Waals surface area contributed by atoms with Crippen LogP contribution in [0, 0.1) is 6.92 Å². The summed E-state index contributed by atoms with van der Waals surface area (Å²) in [7, 11) is 1.61. The molecule has 31 heavy (non-hydrogen) atoms. The molecular weight excluding hydrogens is 394 g/mol. The van der Waals surface area contributed by atoms with E-state index in [0.717, 1.165) is 27.9 Å². The van der Waals surface area contributed by atoms with Gasteiger partial charge in [-0.05, 0) is 25.1 Å². The summed E-state index contributed by atoms with van der Waals surface area (Å²) in [5.74, 6) is 1.19. The zero-order chi connectivity index (χ0) is 21.8. The van der Waals surface area contributed by atoms with Gasteiger partial charge >= 0.3 is 0 Å². The second kappa shape index (κ2) is 8.62. The van der Waals surface area contributed by atoms with E-state index in [2.05, 4.69) is 30.2 Å². The van der Waals surface area contributed by atoms with Gasteiger partial charge in [0, 0.05) is 41.2 Å². The number of amides is 1. The summed E-state index contributed by atoms with van der Waals surface area (Å²) in [6.07, 6.45) is 6.27. The molecule has 1 amide bonds. The van der Waals surface area contributed by atoms with Gasteiger partial charge in [0.2, 0.25) is 0 Å². The maximum Gasteiger partial charge on any atom is 0.267 e. The third kappa shape index (κ3) is 4.50. The predicted octanol–water partition coefficient (Wildman–Crippen LogP) is 2.35. The first kappa shape index (κ1) is 20.0. The minimum absolute atomic E-state index is 0.0111. The predicted molar refractivity (Wildman–Crippen MR) is 117 cm³/mol. The summed E-state index contributed by atoms with van der Waals surface area (Å²) in [4.78, 5) is 32.4. The number of imidazole rings is 1. The Balaban J connectivity index is 1.50. The van der Waals surface area contributed by atoms with Gasteiger partial charge in [0.05, 0.1) is 31.1 Å². The Morgan fingerprint density at radius 3 is 2.81 bits per heavy atom. The second-order valence-corrected chi connectivity index (χ2v) is 6.83. The molecule has 0 aliphatic heterocycles. The maximum atomic E-state index is 12.2. The van der Waals surface area contributed by atoms with Crippen LogP contribution in [0.2, 0.25) is 0 Å². The molecule has 4 rings (SSSR count). The Morgan fingerprint density at radius 2 is 2.03 bits per heavy atom. The van der Waals surface area contributed by atoms with Gasteiger partial charge in [-0.15, -0.1) is 0 Å². The van der Waals surface area contributed by atoms with Crippen molar-refractivity contribution in [1.82, 2.24) is 30.2 Å². The van der Waals surface area contributed by atoms with Crippen molar-refractivity contribution in [3.05, 3.63) is 72.0 Å². The van der Waals surface area contributed by atoms with Crippen LogP contribution in [0.3, 0.4) is 0 Å². The lowest BCUT2D eigenvalue weighted by Gasteiger charge is -2.09. The lowest BCUT2D eigenvalue weighted by molar-refractivity contribution is -0.117. The number of rotatable bonds is 6. The summed E-state index contributed by atoms with van der Waals surface area (Å²) in [6.45, 7) is 2.13. The van der Waals surface area contributed by atoms with Gasteiger partial charge in [-0.2, -0.15) is 0 Å². The lowest BCUT2D eigenvalue weighted by atomic mass is 10.1. The number of carbonyl (C=O) groups excluding carboxylic acids is 1. The highest BCUT2D eigenvalue weighted by molar-refractivity contribution is 5.96. The van der Waals surface area contributed by atoms with Crippen molar-refractivity contribution in [1.29, 1.82) is 0 Å². The van der Waals surface area contributed by atoms with E-state index in [9.17, 15) is 4.79 Å². The number of H-pyrrole nitrogens is 1. The number of benzene rings is 1. The largest absolute Gasteiger partial charge is 0.496 e. The SMILES string of the molecule is COc1cc2nc(C)ccc2cc1-c1cnc(CNC(=O)/C(N)=C/c2ncccn2)[nH]1. The van der Waals surface area contributed by atoms with E-state index in [4.69, 9.17) is 10.5 Å². The van der Waals surface area contributed by atoms with Crippen LogP contribution in [0.25, 0.3) is 28.2 Å². The molecule has 0 bridgehead atoms. The fourth-order valence-corrected chi connectivity index (χ4v) is 3.08. The lowest BCUT2D eigenvalue weighted by Crippen LogP contribution is -2.28. The van der Waals surface area contributed by atoms with Crippen molar-refractivity contribution in [2.75, 3.05) is 7.11 Å². The number of nitrogens with two attached hydrogens (primary N) is 1. The molecule has 0 atom stereocenters. The number of ether oxygens (including phenoxy) is 1. The summed E-state index contributed by atoms with van der Waals surface area (Å²) in [5.41, 5.74) is 9.26. The van der Waals surface area contributed by atoms with Crippen LogP contribution in [-0.4, -0.2) is 37.9 Å². The number of aromatic amines is 1. The van der Waals surface area contributed by atoms with E-state index in [-0.39, 0.29) is 12.2 Å². The van der Waals surface area contributed by atoms with E-state index in [1.807, 2.05) is 31.2 Å². The number of methoxy groups -OCH3 is 1. The number of aromatic nitrogens is 5. The highest BCUT2D eigenvalue weighted by Gasteiger charge is 2.13. The van der Waals surface area contributed by atoms with Gasteiger partial charge in [0.1, 0.15) is 17.3 Å². The van der Waals surface area contributed by atoms with Crippen LogP contribution in [0.4, 0.5) is 0 Å². The van der Waals surface area contributed by atoms with E-state index < -0.39 is 5.91 Å². The zero-order valence-electron chi connectivity index (χ0n) is 17.1. The molecule has 0 fully saturated rings. The fraction of sp³-hybridized carbons (Fsp3) is 0.136. The smallest absolute Gasteiger partial charge is 0.267 e. The molecule has 0 spiro atoms. The Labute approximate surface area is 178 Å². The van der Waals surface area contributed by atoms with Crippen molar-refractivity contribution >= 4 is 22.9 Å². The molecule has 0 saturated heterocycles. The normalized spacial score (nSPS) is 11.5. The van der Waals surface area contributed by atoms with E-state index in [1.54, 1.807) is 31.8 Å². The molecule has 9 heteroatoms. The minimum atomic E-state index is -0.435. The number of carbonyl (C=O) groups is 1. The first-order valence-corrected chi connectivity index (χ1v) is 9.55. The molecule has 4 aromatic rings. The monoisotopic (exact) mass is 415 g/mol. The Hall–Kier alpha value is -4.27. The van der Waals surface area contributed by atoms with Crippen LogP contribution in [-0.2, 0) is 11.3 Å². The van der Waals surface area contributed by atoms with Gasteiger partial charge in [-0.1, -0.05) is 6.07 Å². The molecular formula is C22H21N7O2. The van der Waals surface area contributed by atoms with Gasteiger partial charge in [-0.3, -0.25) is 9.78 Å². The first-order valence-electron chi connectivity index (χ1n) is 9.55. The van der Waals surface area contributed by atoms with Gasteiger partial charge in [0.15, 0.2) is 5.82 Å². The average molecular weight is 415 g/mol. The number of pyridine rings is 1. The van der Waals surface area contributed by atoms with E-state index >= 15 is 0 Å². The number of fused-ring (bicyclic) bond motifs is 1. The number of aryl methyl sites for hydroxylation is 1. The van der Waals surface area contributed by atoms with E-state index in [1.165, 1.54) is 6.08 Å². The molecule has 9 nitrogen and oxygen atoms in total. The summed E-state index contributed by atoms with van der Waals surface area (Å²) < 4.78 is 5.55. The van der Waals surface area contributed by atoms with Crippen molar-refractivity contribution in [2.24, 2.45) is 5.73 Å². The molecule has 156 valence electrons. The number of nitrogens with one attached hydrogen (secondary N) is 2. The standard InChI is InChI=1S/C22H21N7O2/c1-13-4-5-14-8-15(19(31-2)10-17(14)28-13)18-11-26-21(29-18)12-27-22(30)16(23)9-20-24-6-3-7-25-20/h3-11H,12,23H2,1-2H3,(H,26,29)(H,27,30)/b16-9-. The number of nitrogens with zero attached hydrogens (tertiary/aromatic N) is 4. The molecule has 4 N–H and O–H groups in total. The van der Waals surface area contributed by atoms with Crippen molar-refractivity contribution in [2.45, 2.75) is 13.5 Å². The van der Waals surface area contributed by atoms with Crippen LogP contribution < -0.4 is 15.8 Å². The Bertz CT molecular complexity index is 1270. The zero-order valence-corrected chi connectivity index (χ0v) is 17.1. The third-order valence-electron chi connectivity index (χ3n) is 4.62. The van der Waals surface area contributed by atoms with Gasteiger partial charge < -0.3 is 20.8 Å². The molecule has 1 aromatic carbocycles. The number of hydrogen-bond acceptors (Lipinski definition) is 7. The number of hydrogen-bond donors (Lipinski definition) is 3. The van der Waals surface area contributed by atoms with Crippen LogP contribution in [0.15, 0.2) is 54.6 Å². The third-order valence-corrected chi connectivity index (χ3v) is 4.62. The molecule has 3 heterocycles. The maximum absolute atomic E-state index is 12.2. The van der Waals surface area contributed by atoms with E-state index in [0.29, 0.717) is 17.4 Å². The van der Waals surface area contributed by atoms with Crippen LogP contribution in [0.5, 0.6) is 5.75 Å². The molecule has 0 aliphatic carbocycles. The van der Waals surface area contributed by atoms with Gasteiger partial charge in [-0.25, -0.2) is 15.0 Å². The molecule has 0 unspecified atom stereocenters. The Morgan fingerprint density at radius 1 is 1.23 bits per heavy atom. The molecule has 0 radical (unpaired) electrons. The minimum Gasteiger partial charge on any atom is -0.496 e. The van der Waals surface area contributed by atoms with Crippen LogP contribution in [0.1, 0.15) is 17.3 Å².